The summed E-state index contributed by atoms with van der Waals surface area (Å²) < 4.78 is 0. The van der Waals surface area contributed by atoms with Crippen LogP contribution in [0.3, 0.4) is 0 Å². The van der Waals surface area contributed by atoms with Crippen molar-refractivity contribution < 1.29 is 38.7 Å². The van der Waals surface area contributed by atoms with Gasteiger partial charge in [-0.15, -0.1) is 0 Å². The van der Waals surface area contributed by atoms with Crippen LogP contribution < -0.4 is 54.4 Å². The van der Waals surface area contributed by atoms with E-state index >= 15 is 0 Å². The van der Waals surface area contributed by atoms with E-state index in [0.29, 0.717) is 25.1 Å². The van der Waals surface area contributed by atoms with Crippen molar-refractivity contribution in [2.45, 2.75) is 128 Å². The molecule has 0 aromatic carbocycles. The molecule has 19 nitrogen and oxygen atoms in total. The van der Waals surface area contributed by atoms with Crippen LogP contribution in [0.1, 0.15) is 86.0 Å². The molecule has 314 valence electrons. The summed E-state index contributed by atoms with van der Waals surface area (Å²) in [5, 5.41) is 28.5. The Hall–Kier alpha value is -4.17. The van der Waals surface area contributed by atoms with E-state index in [0.717, 1.165) is 0 Å². The molecule has 0 radical (unpaired) electrons. The Morgan fingerprint density at radius 1 is 0.618 bits per heavy atom. The maximum atomic E-state index is 13.9. The SMILES string of the molecule is CSCC[C@@H]1NC(=O)[C@H](CCCN=C(N)N)NC(=O)[C@H](CC(C)C)NC(=O)[C@H](CC(C)C)NC(=O)[C@H](C)NC(=O)[C@H](CO)NC(=O)[C@H](CCCCN)NC1=O. The Morgan fingerprint density at radius 3 is 1.45 bits per heavy atom. The molecule has 0 saturated carbocycles. The van der Waals surface area contributed by atoms with Gasteiger partial charge in [-0.3, -0.25) is 38.6 Å². The van der Waals surface area contributed by atoms with Crippen LogP contribution in [0.15, 0.2) is 4.99 Å². The number of rotatable bonds is 16. The molecule has 0 spiro atoms. The molecule has 7 atom stereocenters. The predicted octanol–water partition coefficient (Wildman–Crippen LogP) is -2.57. The molecule has 7 amide bonds. The second kappa shape index (κ2) is 25.8. The number of aliphatic hydroxyl groups is 1. The number of hydrogen-bond donors (Lipinski definition) is 11. The molecule has 1 rings (SSSR count). The number of amides is 7. The highest BCUT2D eigenvalue weighted by Crippen LogP contribution is 2.12. The van der Waals surface area contributed by atoms with Gasteiger partial charge in [-0.05, 0) is 88.7 Å². The Balaban J connectivity index is 3.77. The first-order valence-corrected chi connectivity index (χ1v) is 20.3. The largest absolute Gasteiger partial charge is 0.394 e. The molecule has 0 aromatic rings. The zero-order chi connectivity index (χ0) is 41.7. The molecule has 0 aliphatic carbocycles. The molecular formula is C35H65N11O8S. The highest BCUT2D eigenvalue weighted by molar-refractivity contribution is 7.98. The number of carbonyl (C=O) groups is 7. The number of nitrogens with one attached hydrogen (secondary N) is 7. The third-order valence-corrected chi connectivity index (χ3v) is 9.29. The van der Waals surface area contributed by atoms with Crippen LogP contribution in [0.4, 0.5) is 0 Å². The van der Waals surface area contributed by atoms with Gasteiger partial charge in [-0.1, -0.05) is 27.7 Å². The van der Waals surface area contributed by atoms with Crippen LogP contribution in [0, 0.1) is 11.8 Å². The van der Waals surface area contributed by atoms with Crippen molar-refractivity contribution in [3.63, 3.8) is 0 Å². The summed E-state index contributed by atoms with van der Waals surface area (Å²) in [6.45, 7) is 8.41. The number of thioether (sulfide) groups is 1. The van der Waals surface area contributed by atoms with Crippen molar-refractivity contribution in [2.75, 3.05) is 31.7 Å². The van der Waals surface area contributed by atoms with Crippen LogP contribution in [0.25, 0.3) is 0 Å². The van der Waals surface area contributed by atoms with E-state index in [2.05, 4.69) is 42.2 Å². The first-order chi connectivity index (χ1) is 25.9. The van der Waals surface area contributed by atoms with Crippen molar-refractivity contribution in [2.24, 2.45) is 34.0 Å². The number of nitrogens with two attached hydrogens (primary N) is 3. The molecule has 20 heteroatoms. The van der Waals surface area contributed by atoms with Crippen LogP contribution in [0.2, 0.25) is 0 Å². The predicted molar refractivity (Wildman–Crippen MR) is 211 cm³/mol. The first-order valence-electron chi connectivity index (χ1n) is 18.9. The first kappa shape index (κ1) is 48.8. The molecule has 55 heavy (non-hydrogen) atoms. The maximum Gasteiger partial charge on any atom is 0.245 e. The van der Waals surface area contributed by atoms with Gasteiger partial charge >= 0.3 is 0 Å². The van der Waals surface area contributed by atoms with E-state index in [1.54, 1.807) is 0 Å². The summed E-state index contributed by atoms with van der Waals surface area (Å²) in [4.78, 5) is 99.4. The number of carbonyl (C=O) groups excluding carboxylic acids is 7. The molecule has 1 aliphatic rings. The van der Waals surface area contributed by atoms with E-state index in [1.807, 2.05) is 34.0 Å². The topological polar surface area (TPSA) is 314 Å². The van der Waals surface area contributed by atoms with Gasteiger partial charge in [0.1, 0.15) is 42.3 Å². The Morgan fingerprint density at radius 2 is 1.02 bits per heavy atom. The Labute approximate surface area is 328 Å². The zero-order valence-electron chi connectivity index (χ0n) is 33.1. The van der Waals surface area contributed by atoms with Crippen molar-refractivity contribution in [3.8, 4) is 0 Å². The minimum atomic E-state index is -1.50. The fourth-order valence-corrected chi connectivity index (χ4v) is 6.15. The van der Waals surface area contributed by atoms with E-state index in [4.69, 9.17) is 17.2 Å². The molecular weight excluding hydrogens is 735 g/mol. The van der Waals surface area contributed by atoms with Crippen molar-refractivity contribution in [3.05, 3.63) is 0 Å². The molecule has 0 bridgehead atoms. The fourth-order valence-electron chi connectivity index (χ4n) is 5.68. The summed E-state index contributed by atoms with van der Waals surface area (Å²) in [7, 11) is 0. The van der Waals surface area contributed by atoms with Gasteiger partial charge in [0.25, 0.3) is 0 Å². The highest BCUT2D eigenvalue weighted by atomic mass is 32.2. The smallest absolute Gasteiger partial charge is 0.245 e. The number of unbranched alkanes of at least 4 members (excludes halogenated alkanes) is 1. The monoisotopic (exact) mass is 799 g/mol. The molecule has 1 fully saturated rings. The lowest BCUT2D eigenvalue weighted by Crippen LogP contribution is -2.60. The molecule has 1 heterocycles. The van der Waals surface area contributed by atoms with Crippen molar-refractivity contribution in [1.29, 1.82) is 0 Å². The lowest BCUT2D eigenvalue weighted by atomic mass is 9.99. The van der Waals surface area contributed by atoms with E-state index in [9.17, 15) is 38.7 Å². The van der Waals surface area contributed by atoms with Crippen LogP contribution in [-0.2, 0) is 33.6 Å². The summed E-state index contributed by atoms with van der Waals surface area (Å²) >= 11 is 1.43. The number of hydrogen-bond acceptors (Lipinski definition) is 11. The average molecular weight is 800 g/mol. The Bertz CT molecular complexity index is 1310. The molecule has 0 unspecified atom stereocenters. The summed E-state index contributed by atoms with van der Waals surface area (Å²) in [6, 6.07) is -8.46. The van der Waals surface area contributed by atoms with Crippen LogP contribution in [-0.4, -0.2) is 126 Å². The number of nitrogens with zero attached hydrogens (tertiary/aromatic N) is 1. The number of guanidine groups is 1. The molecule has 14 N–H and O–H groups in total. The van der Waals surface area contributed by atoms with Crippen LogP contribution in [0.5, 0.6) is 0 Å². The quantitative estimate of drug-likeness (QED) is 0.0436. The van der Waals surface area contributed by atoms with Gasteiger partial charge in [0.15, 0.2) is 5.96 Å². The van der Waals surface area contributed by atoms with Gasteiger partial charge < -0.3 is 59.5 Å². The standard InChI is InChI=1S/C35H65N11O8S/c1-19(2)16-25-33(53)45-26(17-20(3)4)32(52)42-23(11-9-14-39-35(37)38)29(49)43-24(12-15-55-6)31(51)41-22(10-7-8-13-36)30(50)46-27(18-47)34(54)40-21(5)28(48)44-25/h19-27,47H,7-18,36H2,1-6H3,(H,40,54)(H,41,51)(H,42,52)(H,43,49)(H,44,48)(H,45,53)(H,46,50)(H4,37,38,39)/t21-,22-,23-,24-,25-,26-,27-/m0/s1. The summed E-state index contributed by atoms with van der Waals surface area (Å²) in [5.74, 6) is -4.97. The molecule has 1 saturated heterocycles. The lowest BCUT2D eigenvalue weighted by Gasteiger charge is -2.28. The minimum absolute atomic E-state index is 0.0607. The normalized spacial score (nSPS) is 25.4. The van der Waals surface area contributed by atoms with E-state index in [-0.39, 0.29) is 62.9 Å². The molecule has 0 aromatic heterocycles. The van der Waals surface area contributed by atoms with E-state index in [1.165, 1.54) is 18.7 Å². The average Bonchev–Trinajstić information content (AvgIpc) is 3.11. The maximum absolute atomic E-state index is 13.9. The number of aliphatic hydroxyl groups excluding tert-OH is 1. The van der Waals surface area contributed by atoms with E-state index < -0.39 is 90.3 Å². The summed E-state index contributed by atoms with van der Waals surface area (Å²) in [5.41, 5.74) is 16.6. The summed E-state index contributed by atoms with van der Waals surface area (Å²) in [6.07, 6.45) is 3.75. The third kappa shape index (κ3) is 18.8. The van der Waals surface area contributed by atoms with Crippen molar-refractivity contribution in [1.82, 2.24) is 37.2 Å². The zero-order valence-corrected chi connectivity index (χ0v) is 33.9. The third-order valence-electron chi connectivity index (χ3n) is 8.65. The van der Waals surface area contributed by atoms with Gasteiger partial charge in [-0.25, -0.2) is 0 Å². The number of aliphatic imine (C=N–C) groups is 1. The van der Waals surface area contributed by atoms with Gasteiger partial charge in [0.2, 0.25) is 41.4 Å². The second-order valence-electron chi connectivity index (χ2n) is 14.6. The highest BCUT2D eigenvalue weighted by Gasteiger charge is 2.35. The van der Waals surface area contributed by atoms with Crippen LogP contribution >= 0.6 is 11.8 Å². The van der Waals surface area contributed by atoms with Crippen molar-refractivity contribution >= 4 is 59.1 Å². The second-order valence-corrected chi connectivity index (χ2v) is 15.5. The minimum Gasteiger partial charge on any atom is -0.394 e. The van der Waals surface area contributed by atoms with Gasteiger partial charge in [0, 0.05) is 6.54 Å². The van der Waals surface area contributed by atoms with Gasteiger partial charge in [0.05, 0.1) is 6.61 Å². The fraction of sp³-hybridized carbons (Fsp3) is 0.771. The Kier molecular flexibility index (Phi) is 22.9. The molecule has 1 aliphatic heterocycles. The lowest BCUT2D eigenvalue weighted by molar-refractivity contribution is -0.135. The van der Waals surface area contributed by atoms with Gasteiger partial charge in [-0.2, -0.15) is 11.8 Å².